The van der Waals surface area contributed by atoms with Crippen LogP contribution in [0.25, 0.3) is 100 Å². The van der Waals surface area contributed by atoms with Gasteiger partial charge in [-0.3, -0.25) is 0 Å². The molecule has 238 valence electrons. The summed E-state index contributed by atoms with van der Waals surface area (Å²) in [5.41, 5.74) is 8.53. The molecule has 51 heavy (non-hydrogen) atoms. The third-order valence-electron chi connectivity index (χ3n) is 9.56. The highest BCUT2D eigenvalue weighted by Crippen LogP contribution is 2.37. The molecule has 0 aliphatic carbocycles. The first kappa shape index (κ1) is 29.0. The van der Waals surface area contributed by atoms with Gasteiger partial charge in [0, 0.05) is 39.0 Å². The molecular formula is C46H28N4O. The van der Waals surface area contributed by atoms with Crippen LogP contribution >= 0.6 is 0 Å². The second kappa shape index (κ2) is 11.9. The standard InChI is InChI=1S/C46H28N4O/c1-3-11-29(12-4-1)34-25-35(30-13-5-2-6-14-30)27-36(26-34)44-48-43(33-22-23-41-40(28-33)38-19-10-24-47-46(38)51-41)49-45(50-44)39-18-9-16-32-21-20-31-15-7-8-17-37(31)42(32)39/h1-28H. The van der Waals surface area contributed by atoms with Crippen molar-refractivity contribution in [1.82, 2.24) is 19.9 Å². The average molecular weight is 653 g/mol. The fourth-order valence-corrected chi connectivity index (χ4v) is 7.10. The van der Waals surface area contributed by atoms with Crippen LogP contribution in [0.5, 0.6) is 0 Å². The van der Waals surface area contributed by atoms with Gasteiger partial charge in [-0.2, -0.15) is 0 Å². The van der Waals surface area contributed by atoms with Gasteiger partial charge in [-0.25, -0.2) is 19.9 Å². The first-order valence-corrected chi connectivity index (χ1v) is 17.0. The average Bonchev–Trinajstić information content (AvgIpc) is 3.59. The fourth-order valence-electron chi connectivity index (χ4n) is 7.10. The Hall–Kier alpha value is -6.98. The molecule has 10 rings (SSSR count). The quantitative estimate of drug-likeness (QED) is 0.173. The smallest absolute Gasteiger partial charge is 0.227 e. The van der Waals surface area contributed by atoms with E-state index in [-0.39, 0.29) is 0 Å². The second-order valence-corrected chi connectivity index (χ2v) is 12.7. The van der Waals surface area contributed by atoms with Crippen LogP contribution in [0.15, 0.2) is 174 Å². The van der Waals surface area contributed by atoms with Crippen LogP contribution in [0, 0.1) is 0 Å². The summed E-state index contributed by atoms with van der Waals surface area (Å²) in [5.74, 6) is 1.79. The van der Waals surface area contributed by atoms with Crippen molar-refractivity contribution < 1.29 is 4.42 Å². The van der Waals surface area contributed by atoms with Crippen molar-refractivity contribution in [2.24, 2.45) is 0 Å². The first-order valence-electron chi connectivity index (χ1n) is 17.0. The summed E-state index contributed by atoms with van der Waals surface area (Å²) >= 11 is 0. The van der Waals surface area contributed by atoms with E-state index >= 15 is 0 Å². The summed E-state index contributed by atoms with van der Waals surface area (Å²) < 4.78 is 6.06. The molecule has 0 radical (unpaired) electrons. The van der Waals surface area contributed by atoms with Gasteiger partial charge in [0.05, 0.1) is 0 Å². The number of benzene rings is 7. The SMILES string of the molecule is c1ccc(-c2cc(-c3ccccc3)cc(-c3nc(-c4ccc5oc6ncccc6c5c4)nc(-c4cccc5ccc6ccccc6c45)n3)c2)cc1. The van der Waals surface area contributed by atoms with Crippen molar-refractivity contribution in [1.29, 1.82) is 0 Å². The van der Waals surface area contributed by atoms with E-state index in [1.54, 1.807) is 6.20 Å². The molecule has 3 aromatic heterocycles. The summed E-state index contributed by atoms with van der Waals surface area (Å²) in [6.45, 7) is 0. The minimum atomic E-state index is 0.582. The van der Waals surface area contributed by atoms with Gasteiger partial charge in [0.15, 0.2) is 17.5 Å². The molecule has 0 spiro atoms. The van der Waals surface area contributed by atoms with Crippen LogP contribution in [-0.2, 0) is 0 Å². The van der Waals surface area contributed by atoms with Crippen LogP contribution in [0.3, 0.4) is 0 Å². The van der Waals surface area contributed by atoms with Crippen molar-refractivity contribution in [2.75, 3.05) is 0 Å². The van der Waals surface area contributed by atoms with E-state index in [2.05, 4.69) is 132 Å². The van der Waals surface area contributed by atoms with Gasteiger partial charge in [-0.15, -0.1) is 0 Å². The van der Waals surface area contributed by atoms with Gasteiger partial charge in [0.2, 0.25) is 5.71 Å². The maximum absolute atomic E-state index is 6.06. The van der Waals surface area contributed by atoms with E-state index in [9.17, 15) is 0 Å². The Labute approximate surface area is 293 Å². The van der Waals surface area contributed by atoms with E-state index in [1.165, 1.54) is 5.39 Å². The van der Waals surface area contributed by atoms with E-state index < -0.39 is 0 Å². The molecule has 0 fully saturated rings. The van der Waals surface area contributed by atoms with E-state index in [4.69, 9.17) is 19.4 Å². The molecule has 0 unspecified atom stereocenters. The number of rotatable bonds is 5. The summed E-state index contributed by atoms with van der Waals surface area (Å²) in [6.07, 6.45) is 1.75. The number of aromatic nitrogens is 4. The molecule has 0 saturated heterocycles. The Balaban J connectivity index is 1.25. The van der Waals surface area contributed by atoms with Crippen LogP contribution in [-0.4, -0.2) is 19.9 Å². The molecule has 0 aliphatic heterocycles. The number of fused-ring (bicyclic) bond motifs is 6. The summed E-state index contributed by atoms with van der Waals surface area (Å²) in [7, 11) is 0. The lowest BCUT2D eigenvalue weighted by atomic mass is 9.95. The zero-order chi connectivity index (χ0) is 33.7. The number of hydrogen-bond donors (Lipinski definition) is 0. The summed E-state index contributed by atoms with van der Waals surface area (Å²) in [4.78, 5) is 20.2. The Morgan fingerprint density at radius 1 is 0.373 bits per heavy atom. The minimum absolute atomic E-state index is 0.582. The molecule has 0 amide bonds. The fraction of sp³-hybridized carbons (Fsp3) is 0. The third-order valence-corrected chi connectivity index (χ3v) is 9.56. The van der Waals surface area contributed by atoms with Crippen molar-refractivity contribution in [3.63, 3.8) is 0 Å². The maximum Gasteiger partial charge on any atom is 0.227 e. The predicted molar refractivity (Wildman–Crippen MR) is 207 cm³/mol. The molecule has 0 saturated carbocycles. The van der Waals surface area contributed by atoms with E-state index in [0.29, 0.717) is 23.2 Å². The molecule has 0 atom stereocenters. The highest BCUT2D eigenvalue weighted by molar-refractivity contribution is 6.13. The topological polar surface area (TPSA) is 64.7 Å². The van der Waals surface area contributed by atoms with Gasteiger partial charge in [-0.05, 0) is 86.9 Å². The molecule has 0 N–H and O–H groups in total. The maximum atomic E-state index is 6.06. The van der Waals surface area contributed by atoms with Crippen molar-refractivity contribution in [2.45, 2.75) is 0 Å². The first-order chi connectivity index (χ1) is 25.2. The van der Waals surface area contributed by atoms with Gasteiger partial charge in [0.1, 0.15) is 5.58 Å². The van der Waals surface area contributed by atoms with Crippen LogP contribution in [0.2, 0.25) is 0 Å². The molecular weight excluding hydrogens is 625 g/mol. The van der Waals surface area contributed by atoms with Gasteiger partial charge < -0.3 is 4.42 Å². The molecule has 3 heterocycles. The van der Waals surface area contributed by atoms with Gasteiger partial charge in [0.25, 0.3) is 0 Å². The second-order valence-electron chi connectivity index (χ2n) is 12.7. The van der Waals surface area contributed by atoms with Crippen molar-refractivity contribution >= 4 is 43.6 Å². The Morgan fingerprint density at radius 2 is 1.00 bits per heavy atom. The largest absolute Gasteiger partial charge is 0.438 e. The Bertz CT molecular complexity index is 2860. The lowest BCUT2D eigenvalue weighted by Gasteiger charge is -2.14. The van der Waals surface area contributed by atoms with E-state index in [0.717, 1.165) is 71.5 Å². The number of hydrogen-bond acceptors (Lipinski definition) is 5. The van der Waals surface area contributed by atoms with Crippen LogP contribution < -0.4 is 0 Å². The lowest BCUT2D eigenvalue weighted by Crippen LogP contribution is -2.01. The minimum Gasteiger partial charge on any atom is -0.438 e. The Morgan fingerprint density at radius 3 is 1.78 bits per heavy atom. The van der Waals surface area contributed by atoms with Crippen molar-refractivity contribution in [3.05, 3.63) is 170 Å². The van der Waals surface area contributed by atoms with Crippen LogP contribution in [0.1, 0.15) is 0 Å². The van der Waals surface area contributed by atoms with E-state index in [1.807, 2.05) is 36.4 Å². The highest BCUT2D eigenvalue weighted by atomic mass is 16.3. The van der Waals surface area contributed by atoms with Crippen molar-refractivity contribution in [3.8, 4) is 56.4 Å². The monoisotopic (exact) mass is 652 g/mol. The molecule has 10 aromatic rings. The molecule has 5 nitrogen and oxygen atoms in total. The highest BCUT2D eigenvalue weighted by Gasteiger charge is 2.18. The van der Waals surface area contributed by atoms with Crippen LogP contribution in [0.4, 0.5) is 0 Å². The zero-order valence-electron chi connectivity index (χ0n) is 27.4. The van der Waals surface area contributed by atoms with Gasteiger partial charge >= 0.3 is 0 Å². The lowest BCUT2D eigenvalue weighted by molar-refractivity contribution is 0.654. The summed E-state index contributed by atoms with van der Waals surface area (Å²) in [6, 6.07) is 56.7. The zero-order valence-corrected chi connectivity index (χ0v) is 27.4. The van der Waals surface area contributed by atoms with Gasteiger partial charge in [-0.1, -0.05) is 115 Å². The predicted octanol–water partition coefficient (Wildman–Crippen LogP) is 11.8. The Kier molecular flexibility index (Phi) is 6.74. The number of pyridine rings is 1. The molecule has 0 bridgehead atoms. The summed E-state index contributed by atoms with van der Waals surface area (Å²) in [5, 5.41) is 6.49. The third kappa shape index (κ3) is 5.11. The number of furan rings is 1. The molecule has 7 aromatic carbocycles. The normalized spacial score (nSPS) is 11.5. The molecule has 5 heteroatoms. The number of nitrogens with zero attached hydrogens (tertiary/aromatic N) is 4. The molecule has 0 aliphatic rings.